The summed E-state index contributed by atoms with van der Waals surface area (Å²) in [4.78, 5) is 28.3. The van der Waals surface area contributed by atoms with E-state index in [1.807, 2.05) is 44.2 Å². The van der Waals surface area contributed by atoms with Gasteiger partial charge < -0.3 is 4.90 Å². The third kappa shape index (κ3) is 2.69. The molecule has 0 bridgehead atoms. The summed E-state index contributed by atoms with van der Waals surface area (Å²) in [5.74, 6) is -0.895. The number of anilines is 2. The van der Waals surface area contributed by atoms with Gasteiger partial charge >= 0.3 is 0 Å². The number of nitrogens with zero attached hydrogens (tertiary/aromatic N) is 2. The van der Waals surface area contributed by atoms with Crippen molar-refractivity contribution in [2.24, 2.45) is 0 Å². The van der Waals surface area contributed by atoms with Gasteiger partial charge in [0.15, 0.2) is 0 Å². The number of halogens is 1. The van der Waals surface area contributed by atoms with Crippen LogP contribution in [-0.2, 0) is 9.59 Å². The molecule has 0 aromatic heterocycles. The van der Waals surface area contributed by atoms with E-state index >= 15 is 0 Å². The zero-order chi connectivity index (χ0) is 17.3. The average molecular weight is 341 g/mol. The molecule has 24 heavy (non-hydrogen) atoms. The lowest BCUT2D eigenvalue weighted by molar-refractivity contribution is -0.120. The molecule has 0 unspecified atom stereocenters. The van der Waals surface area contributed by atoms with Crippen LogP contribution in [0.4, 0.5) is 11.4 Å². The Morgan fingerprint density at radius 3 is 2.33 bits per heavy atom. The number of benzene rings is 2. The first-order valence-corrected chi connectivity index (χ1v) is 8.10. The number of rotatable bonds is 4. The Morgan fingerprint density at radius 1 is 1.00 bits per heavy atom. The van der Waals surface area contributed by atoms with Gasteiger partial charge in [-0.3, -0.25) is 9.59 Å². The molecule has 122 valence electrons. The molecule has 2 amide bonds. The summed E-state index contributed by atoms with van der Waals surface area (Å²) in [5, 5.41) is -0.0489. The van der Waals surface area contributed by atoms with Crippen molar-refractivity contribution in [1.29, 1.82) is 0 Å². The second-order valence-corrected chi connectivity index (χ2v) is 5.91. The van der Waals surface area contributed by atoms with Crippen LogP contribution in [0, 0.1) is 6.92 Å². The van der Waals surface area contributed by atoms with Crippen LogP contribution < -0.4 is 9.80 Å². The maximum Gasteiger partial charge on any atom is 0.283 e. The van der Waals surface area contributed by atoms with E-state index in [1.54, 1.807) is 29.2 Å². The first kappa shape index (κ1) is 16.3. The van der Waals surface area contributed by atoms with Gasteiger partial charge in [0.1, 0.15) is 10.7 Å². The van der Waals surface area contributed by atoms with Gasteiger partial charge in [-0.1, -0.05) is 41.9 Å². The van der Waals surface area contributed by atoms with E-state index in [2.05, 4.69) is 0 Å². The minimum Gasteiger partial charge on any atom is -0.336 e. The Hall–Kier alpha value is -2.59. The molecule has 0 aliphatic carbocycles. The Kier molecular flexibility index (Phi) is 4.40. The first-order chi connectivity index (χ1) is 11.5. The average Bonchev–Trinajstić information content (AvgIpc) is 2.80. The number of hydrogen-bond acceptors (Lipinski definition) is 3. The number of hydrogen-bond donors (Lipinski definition) is 0. The maximum atomic E-state index is 12.9. The van der Waals surface area contributed by atoms with Crippen molar-refractivity contribution in [3.63, 3.8) is 0 Å². The van der Waals surface area contributed by atoms with E-state index < -0.39 is 11.8 Å². The van der Waals surface area contributed by atoms with Crippen LogP contribution >= 0.6 is 11.6 Å². The molecule has 2 aromatic rings. The molecule has 2 aromatic carbocycles. The Labute approximate surface area is 145 Å². The second kappa shape index (κ2) is 6.49. The van der Waals surface area contributed by atoms with Gasteiger partial charge in [-0.2, -0.15) is 0 Å². The highest BCUT2D eigenvalue weighted by Crippen LogP contribution is 2.33. The van der Waals surface area contributed by atoms with Crippen LogP contribution in [0.25, 0.3) is 0 Å². The molecule has 0 atom stereocenters. The minimum atomic E-state index is -0.492. The molecule has 1 aliphatic rings. The van der Waals surface area contributed by atoms with E-state index in [0.29, 0.717) is 12.2 Å². The molecule has 0 fully saturated rings. The largest absolute Gasteiger partial charge is 0.336 e. The fourth-order valence-corrected chi connectivity index (χ4v) is 3.07. The molecule has 0 spiro atoms. The quantitative estimate of drug-likeness (QED) is 0.794. The van der Waals surface area contributed by atoms with E-state index in [9.17, 15) is 9.59 Å². The number of likely N-dealkylation sites (N-methyl/N-ethyl adjacent to an activating group) is 1. The highest BCUT2D eigenvalue weighted by molar-refractivity contribution is 6.53. The van der Waals surface area contributed by atoms with Crippen LogP contribution in [-0.4, -0.2) is 18.4 Å². The molecule has 0 saturated carbocycles. The molecule has 5 heteroatoms. The van der Waals surface area contributed by atoms with Crippen molar-refractivity contribution in [3.05, 3.63) is 70.9 Å². The van der Waals surface area contributed by atoms with Gasteiger partial charge in [0.25, 0.3) is 11.8 Å². The predicted octanol–water partition coefficient (Wildman–Crippen LogP) is 3.85. The van der Waals surface area contributed by atoms with Crippen molar-refractivity contribution >= 4 is 34.8 Å². The summed E-state index contributed by atoms with van der Waals surface area (Å²) in [6.07, 6.45) is 0. The summed E-state index contributed by atoms with van der Waals surface area (Å²) in [5.41, 5.74) is 2.64. The first-order valence-electron chi connectivity index (χ1n) is 7.72. The summed E-state index contributed by atoms with van der Waals surface area (Å²) < 4.78 is 0. The van der Waals surface area contributed by atoms with Gasteiger partial charge in [-0.25, -0.2) is 4.90 Å². The van der Waals surface area contributed by atoms with Crippen LogP contribution in [0.1, 0.15) is 12.5 Å². The third-order valence-electron chi connectivity index (χ3n) is 3.92. The molecule has 1 heterocycles. The van der Waals surface area contributed by atoms with Crippen LogP contribution in [0.5, 0.6) is 0 Å². The number of aryl methyl sites for hydroxylation is 1. The molecule has 1 aliphatic heterocycles. The van der Waals surface area contributed by atoms with Crippen molar-refractivity contribution in [1.82, 2.24) is 0 Å². The number of amides is 2. The van der Waals surface area contributed by atoms with Gasteiger partial charge in [0.2, 0.25) is 0 Å². The zero-order valence-electron chi connectivity index (χ0n) is 13.5. The monoisotopic (exact) mass is 340 g/mol. The molecule has 0 N–H and O–H groups in total. The zero-order valence-corrected chi connectivity index (χ0v) is 14.2. The van der Waals surface area contributed by atoms with E-state index in [0.717, 1.165) is 16.2 Å². The molecule has 3 rings (SSSR count). The molecular formula is C19H17ClN2O2. The van der Waals surface area contributed by atoms with Gasteiger partial charge in [0.05, 0.1) is 5.69 Å². The summed E-state index contributed by atoms with van der Waals surface area (Å²) in [6, 6.07) is 16.6. The normalized spacial score (nSPS) is 14.5. The summed E-state index contributed by atoms with van der Waals surface area (Å²) >= 11 is 6.26. The van der Waals surface area contributed by atoms with Gasteiger partial charge in [-0.05, 0) is 43.7 Å². The van der Waals surface area contributed by atoms with Crippen LogP contribution in [0.2, 0.25) is 0 Å². The van der Waals surface area contributed by atoms with Crippen molar-refractivity contribution in [3.8, 4) is 0 Å². The maximum absolute atomic E-state index is 12.9. The number of carbonyl (C=O) groups is 2. The van der Waals surface area contributed by atoms with Crippen LogP contribution in [0.15, 0.2) is 65.3 Å². The minimum absolute atomic E-state index is 0.0489. The number of imide groups is 1. The van der Waals surface area contributed by atoms with E-state index in [-0.39, 0.29) is 10.7 Å². The number of carbonyl (C=O) groups excluding carboxylic acids is 2. The van der Waals surface area contributed by atoms with Crippen LogP contribution in [0.3, 0.4) is 0 Å². The van der Waals surface area contributed by atoms with Gasteiger partial charge in [-0.15, -0.1) is 0 Å². The van der Waals surface area contributed by atoms with Gasteiger partial charge in [0, 0.05) is 12.2 Å². The lowest BCUT2D eigenvalue weighted by Gasteiger charge is -2.24. The highest BCUT2D eigenvalue weighted by atomic mass is 35.5. The molecule has 0 radical (unpaired) electrons. The molecular weight excluding hydrogens is 324 g/mol. The SMILES string of the molecule is CCN(C1=C(Cl)C(=O)N(c2ccccc2)C1=O)c1cccc(C)c1. The fourth-order valence-electron chi connectivity index (χ4n) is 2.80. The van der Waals surface area contributed by atoms with E-state index in [4.69, 9.17) is 11.6 Å². The Bertz CT molecular complexity index is 830. The standard InChI is InChI=1S/C19H17ClN2O2/c1-3-21(15-11-7-8-13(2)12-15)17-16(20)18(23)22(19(17)24)14-9-5-4-6-10-14/h4-12H,3H2,1-2H3. The Balaban J connectivity index is 2.03. The predicted molar refractivity (Wildman–Crippen MR) is 96.0 cm³/mol. The summed E-state index contributed by atoms with van der Waals surface area (Å²) in [6.45, 7) is 4.42. The smallest absolute Gasteiger partial charge is 0.283 e. The third-order valence-corrected chi connectivity index (χ3v) is 4.26. The topological polar surface area (TPSA) is 40.6 Å². The molecule has 0 saturated heterocycles. The lowest BCUT2D eigenvalue weighted by Crippen LogP contribution is -2.35. The molecule has 4 nitrogen and oxygen atoms in total. The number of para-hydroxylation sites is 1. The lowest BCUT2D eigenvalue weighted by atomic mass is 10.2. The highest BCUT2D eigenvalue weighted by Gasteiger charge is 2.41. The Morgan fingerprint density at radius 2 is 1.71 bits per heavy atom. The summed E-state index contributed by atoms with van der Waals surface area (Å²) in [7, 11) is 0. The van der Waals surface area contributed by atoms with Crippen molar-refractivity contribution in [2.45, 2.75) is 13.8 Å². The van der Waals surface area contributed by atoms with E-state index in [1.165, 1.54) is 0 Å². The fraction of sp³-hybridized carbons (Fsp3) is 0.158. The second-order valence-electron chi connectivity index (χ2n) is 5.53. The van der Waals surface area contributed by atoms with Crippen molar-refractivity contribution in [2.75, 3.05) is 16.3 Å². The van der Waals surface area contributed by atoms with Crippen molar-refractivity contribution < 1.29 is 9.59 Å².